The lowest BCUT2D eigenvalue weighted by Crippen LogP contribution is -2.32. The first-order valence-electron chi connectivity index (χ1n) is 7.45. The summed E-state index contributed by atoms with van der Waals surface area (Å²) in [5.74, 6) is 4.16. The molecule has 0 bridgehead atoms. The summed E-state index contributed by atoms with van der Waals surface area (Å²) in [5.41, 5.74) is -4.78. The largest absolute Gasteiger partial charge is 0.444 e. The summed E-state index contributed by atoms with van der Waals surface area (Å²) in [4.78, 5) is 11.4. The van der Waals surface area contributed by atoms with Crippen LogP contribution in [0, 0.1) is 11.8 Å². The van der Waals surface area contributed by atoms with Gasteiger partial charge in [-0.1, -0.05) is 17.9 Å². The van der Waals surface area contributed by atoms with Gasteiger partial charge in [-0.3, -0.25) is 0 Å². The highest BCUT2D eigenvalue weighted by atomic mass is 19.4. The fourth-order valence-corrected chi connectivity index (χ4v) is 1.85. The molecule has 0 fully saturated rings. The van der Waals surface area contributed by atoms with E-state index in [1.54, 1.807) is 20.8 Å². The van der Waals surface area contributed by atoms with Crippen molar-refractivity contribution < 1.29 is 35.9 Å². The van der Waals surface area contributed by atoms with E-state index in [1.807, 2.05) is 5.92 Å². The monoisotopic (exact) mass is 381 g/mol. The van der Waals surface area contributed by atoms with Crippen LogP contribution in [0.4, 0.5) is 31.1 Å². The standard InChI is InChI=1S/C17H17F6NO2/c1-15(2,3)26-14(25)24-10-5-4-7-11-12(16(18,19)20)8-6-9-13(11)17(21,22)23/h6,8-9H,5,10H2,1-3H3,(H,24,25). The molecule has 1 rings (SSSR count). The minimum atomic E-state index is -4.97. The van der Waals surface area contributed by atoms with Gasteiger partial charge < -0.3 is 10.1 Å². The molecule has 0 atom stereocenters. The topological polar surface area (TPSA) is 38.3 Å². The van der Waals surface area contributed by atoms with E-state index >= 15 is 0 Å². The van der Waals surface area contributed by atoms with E-state index in [1.165, 1.54) is 0 Å². The molecule has 1 N–H and O–H groups in total. The normalized spacial score (nSPS) is 12.2. The number of hydrogen-bond acceptors (Lipinski definition) is 2. The zero-order valence-electron chi connectivity index (χ0n) is 14.2. The van der Waals surface area contributed by atoms with Crippen LogP contribution in [-0.2, 0) is 17.1 Å². The molecule has 0 saturated heterocycles. The first-order chi connectivity index (χ1) is 11.7. The zero-order valence-corrected chi connectivity index (χ0v) is 14.2. The number of rotatable bonds is 2. The van der Waals surface area contributed by atoms with Crippen LogP contribution in [0.15, 0.2) is 18.2 Å². The molecule has 26 heavy (non-hydrogen) atoms. The first-order valence-corrected chi connectivity index (χ1v) is 7.45. The fourth-order valence-electron chi connectivity index (χ4n) is 1.85. The predicted octanol–water partition coefficient (Wildman–Crippen LogP) is 4.99. The third-order valence-electron chi connectivity index (χ3n) is 2.81. The van der Waals surface area contributed by atoms with Gasteiger partial charge in [-0.05, 0) is 32.9 Å². The average Bonchev–Trinajstić information content (AvgIpc) is 2.42. The smallest absolute Gasteiger partial charge is 0.417 e. The summed E-state index contributed by atoms with van der Waals surface area (Å²) in [7, 11) is 0. The molecule has 0 radical (unpaired) electrons. The van der Waals surface area contributed by atoms with Crippen molar-refractivity contribution in [1.29, 1.82) is 0 Å². The summed E-state index contributed by atoms with van der Waals surface area (Å²) >= 11 is 0. The number of amides is 1. The van der Waals surface area contributed by atoms with E-state index in [0.717, 1.165) is 0 Å². The lowest BCUT2D eigenvalue weighted by molar-refractivity contribution is -0.143. The summed E-state index contributed by atoms with van der Waals surface area (Å²) in [5, 5.41) is 2.31. The van der Waals surface area contributed by atoms with Crippen LogP contribution in [-0.4, -0.2) is 18.2 Å². The molecule has 0 unspecified atom stereocenters. The van der Waals surface area contributed by atoms with Crippen molar-refractivity contribution in [3.8, 4) is 11.8 Å². The van der Waals surface area contributed by atoms with E-state index in [4.69, 9.17) is 4.74 Å². The molecule has 1 aromatic carbocycles. The Morgan fingerprint density at radius 2 is 1.54 bits per heavy atom. The second-order valence-corrected chi connectivity index (χ2v) is 6.20. The highest BCUT2D eigenvalue weighted by Crippen LogP contribution is 2.38. The fraction of sp³-hybridized carbons (Fsp3) is 0.471. The van der Waals surface area contributed by atoms with Crippen LogP contribution in [0.1, 0.15) is 43.9 Å². The predicted molar refractivity (Wildman–Crippen MR) is 82.2 cm³/mol. The van der Waals surface area contributed by atoms with Gasteiger partial charge in [0.15, 0.2) is 0 Å². The summed E-state index contributed by atoms with van der Waals surface area (Å²) < 4.78 is 82.6. The van der Waals surface area contributed by atoms with Gasteiger partial charge in [0.25, 0.3) is 0 Å². The van der Waals surface area contributed by atoms with Crippen molar-refractivity contribution in [3.63, 3.8) is 0 Å². The summed E-state index contributed by atoms with van der Waals surface area (Å²) in [6.07, 6.45) is -10.9. The number of alkyl halides is 6. The highest BCUT2D eigenvalue weighted by molar-refractivity contribution is 5.67. The third kappa shape index (κ3) is 6.86. The lowest BCUT2D eigenvalue weighted by Gasteiger charge is -2.19. The molecular weight excluding hydrogens is 364 g/mol. The second-order valence-electron chi connectivity index (χ2n) is 6.20. The van der Waals surface area contributed by atoms with E-state index in [0.29, 0.717) is 18.2 Å². The number of ether oxygens (including phenoxy) is 1. The maximum Gasteiger partial charge on any atom is 0.417 e. The van der Waals surface area contributed by atoms with Gasteiger partial charge in [0.1, 0.15) is 5.60 Å². The molecule has 3 nitrogen and oxygen atoms in total. The molecule has 0 aliphatic rings. The van der Waals surface area contributed by atoms with E-state index in [9.17, 15) is 31.1 Å². The lowest BCUT2D eigenvalue weighted by atomic mass is 10.00. The van der Waals surface area contributed by atoms with Gasteiger partial charge in [-0.15, -0.1) is 0 Å². The number of halogens is 6. The molecule has 0 aromatic heterocycles. The van der Waals surface area contributed by atoms with Crippen molar-refractivity contribution in [2.75, 3.05) is 6.54 Å². The maximum atomic E-state index is 12.9. The van der Waals surface area contributed by atoms with Gasteiger partial charge >= 0.3 is 18.4 Å². The molecule has 0 heterocycles. The number of carbonyl (C=O) groups is 1. The van der Waals surface area contributed by atoms with Crippen LogP contribution in [0.3, 0.4) is 0 Å². The van der Waals surface area contributed by atoms with Crippen molar-refractivity contribution in [3.05, 3.63) is 34.9 Å². The van der Waals surface area contributed by atoms with Crippen molar-refractivity contribution in [2.45, 2.75) is 45.1 Å². The Kier molecular flexibility index (Phi) is 6.58. The van der Waals surface area contributed by atoms with E-state index in [-0.39, 0.29) is 13.0 Å². The zero-order chi connectivity index (χ0) is 20.2. The van der Waals surface area contributed by atoms with Gasteiger partial charge in [0, 0.05) is 18.5 Å². The van der Waals surface area contributed by atoms with Gasteiger partial charge in [-0.2, -0.15) is 26.3 Å². The molecule has 9 heteroatoms. The molecule has 1 amide bonds. The number of benzene rings is 1. The third-order valence-corrected chi connectivity index (χ3v) is 2.81. The summed E-state index contributed by atoms with van der Waals surface area (Å²) in [6.45, 7) is 4.83. The molecule has 0 saturated carbocycles. The van der Waals surface area contributed by atoms with Crippen molar-refractivity contribution in [1.82, 2.24) is 5.32 Å². The van der Waals surface area contributed by atoms with E-state index in [2.05, 4.69) is 11.2 Å². The molecule has 0 aliphatic heterocycles. The minimum Gasteiger partial charge on any atom is -0.444 e. The quantitative estimate of drug-likeness (QED) is 0.445. The molecule has 144 valence electrons. The Morgan fingerprint density at radius 1 is 1.04 bits per heavy atom. The van der Waals surface area contributed by atoms with Gasteiger partial charge in [0.05, 0.1) is 11.1 Å². The number of hydrogen-bond donors (Lipinski definition) is 1. The number of carbonyl (C=O) groups excluding carboxylic acids is 1. The van der Waals surface area contributed by atoms with Crippen LogP contribution < -0.4 is 5.32 Å². The van der Waals surface area contributed by atoms with Crippen LogP contribution in [0.5, 0.6) is 0 Å². The average molecular weight is 381 g/mol. The number of alkyl carbamates (subject to hydrolysis) is 1. The Hall–Kier alpha value is -2.37. The Labute approximate surface area is 146 Å². The van der Waals surface area contributed by atoms with E-state index < -0.39 is 40.7 Å². The van der Waals surface area contributed by atoms with Gasteiger partial charge in [0.2, 0.25) is 0 Å². The maximum absolute atomic E-state index is 12.9. The van der Waals surface area contributed by atoms with Crippen molar-refractivity contribution in [2.24, 2.45) is 0 Å². The Bertz CT molecular complexity index is 673. The van der Waals surface area contributed by atoms with Crippen molar-refractivity contribution >= 4 is 6.09 Å². The molecule has 0 aliphatic carbocycles. The molecular formula is C17H17F6NO2. The van der Waals surface area contributed by atoms with Crippen LogP contribution in [0.2, 0.25) is 0 Å². The molecule has 1 aromatic rings. The highest BCUT2D eigenvalue weighted by Gasteiger charge is 2.40. The molecule has 0 spiro atoms. The minimum absolute atomic E-state index is 0.0859. The SMILES string of the molecule is CC(C)(C)OC(=O)NCCC#Cc1c(C(F)(F)F)cccc1C(F)(F)F. The second kappa shape index (κ2) is 7.89. The first kappa shape index (κ1) is 21.7. The van der Waals surface area contributed by atoms with Gasteiger partial charge in [-0.25, -0.2) is 4.79 Å². The summed E-state index contributed by atoms with van der Waals surface area (Å²) in [6, 6.07) is 1.76. The Morgan fingerprint density at radius 3 is 1.96 bits per heavy atom. The van der Waals surface area contributed by atoms with Crippen LogP contribution >= 0.6 is 0 Å². The number of nitrogens with one attached hydrogen (secondary N) is 1. The Balaban J connectivity index is 2.94. The van der Waals surface area contributed by atoms with Crippen LogP contribution in [0.25, 0.3) is 0 Å².